The number of piperidine rings is 1. The zero-order valence-electron chi connectivity index (χ0n) is 9.41. The number of esters is 1. The van der Waals surface area contributed by atoms with Gasteiger partial charge in [-0.15, -0.1) is 0 Å². The third kappa shape index (κ3) is 2.72. The van der Waals surface area contributed by atoms with Crippen LogP contribution in [0.5, 0.6) is 0 Å². The Kier molecular flexibility index (Phi) is 3.77. The quantitative estimate of drug-likeness (QED) is 0.683. The molecule has 0 spiro atoms. The average molecular weight is 226 g/mol. The Morgan fingerprint density at radius 1 is 1.38 bits per heavy atom. The van der Waals surface area contributed by atoms with Gasteiger partial charge >= 0.3 is 5.97 Å². The van der Waals surface area contributed by atoms with E-state index in [9.17, 15) is 9.59 Å². The standard InChI is InChI=1S/C11H18N2O3/c14-10(13-5-2-1-3-6-13)8-12-9-4-7-16-11(9)15/h9,12H,1-8H2. The molecule has 0 bridgehead atoms. The van der Waals surface area contributed by atoms with E-state index in [4.69, 9.17) is 4.74 Å². The molecule has 2 fully saturated rings. The van der Waals surface area contributed by atoms with Crippen molar-refractivity contribution in [2.24, 2.45) is 0 Å². The summed E-state index contributed by atoms with van der Waals surface area (Å²) in [5, 5.41) is 2.96. The van der Waals surface area contributed by atoms with E-state index in [2.05, 4.69) is 5.32 Å². The number of carbonyl (C=O) groups excluding carboxylic acids is 2. The van der Waals surface area contributed by atoms with Crippen molar-refractivity contribution in [1.82, 2.24) is 10.2 Å². The van der Waals surface area contributed by atoms with Crippen molar-refractivity contribution in [2.75, 3.05) is 26.2 Å². The summed E-state index contributed by atoms with van der Waals surface area (Å²) in [7, 11) is 0. The van der Waals surface area contributed by atoms with Crippen LogP contribution >= 0.6 is 0 Å². The van der Waals surface area contributed by atoms with Crippen LogP contribution in [-0.2, 0) is 14.3 Å². The molecule has 2 heterocycles. The lowest BCUT2D eigenvalue weighted by Gasteiger charge is -2.27. The highest BCUT2D eigenvalue weighted by molar-refractivity contribution is 5.81. The smallest absolute Gasteiger partial charge is 0.323 e. The Balaban J connectivity index is 1.72. The van der Waals surface area contributed by atoms with E-state index in [1.165, 1.54) is 6.42 Å². The number of amides is 1. The molecule has 2 aliphatic heterocycles. The molecular weight excluding hydrogens is 208 g/mol. The van der Waals surface area contributed by atoms with Crippen LogP contribution in [0.15, 0.2) is 0 Å². The van der Waals surface area contributed by atoms with Gasteiger partial charge in [0.15, 0.2) is 0 Å². The predicted molar refractivity (Wildman–Crippen MR) is 57.8 cm³/mol. The second-order valence-corrected chi connectivity index (χ2v) is 4.33. The number of hydrogen-bond acceptors (Lipinski definition) is 4. The predicted octanol–water partition coefficient (Wildman–Crippen LogP) is -0.0960. The Labute approximate surface area is 95.1 Å². The summed E-state index contributed by atoms with van der Waals surface area (Å²) in [5.74, 6) is -0.133. The van der Waals surface area contributed by atoms with E-state index < -0.39 is 0 Å². The van der Waals surface area contributed by atoms with E-state index in [0.29, 0.717) is 13.0 Å². The molecule has 0 aromatic rings. The maximum Gasteiger partial charge on any atom is 0.323 e. The van der Waals surface area contributed by atoms with Crippen LogP contribution in [0.25, 0.3) is 0 Å². The lowest BCUT2D eigenvalue weighted by atomic mass is 10.1. The third-order valence-electron chi connectivity index (χ3n) is 3.14. The lowest BCUT2D eigenvalue weighted by molar-refractivity contribution is -0.139. The van der Waals surface area contributed by atoms with Gasteiger partial charge in [-0.25, -0.2) is 0 Å². The molecule has 2 rings (SSSR count). The monoisotopic (exact) mass is 226 g/mol. The highest BCUT2D eigenvalue weighted by Crippen LogP contribution is 2.09. The second-order valence-electron chi connectivity index (χ2n) is 4.33. The number of ether oxygens (including phenoxy) is 1. The van der Waals surface area contributed by atoms with E-state index in [1.807, 2.05) is 4.90 Å². The summed E-state index contributed by atoms with van der Waals surface area (Å²) in [6, 6.07) is -0.284. The Hall–Kier alpha value is -1.10. The van der Waals surface area contributed by atoms with Crippen LogP contribution in [-0.4, -0.2) is 49.1 Å². The number of carbonyl (C=O) groups is 2. The van der Waals surface area contributed by atoms with Crippen LogP contribution < -0.4 is 5.32 Å². The maximum absolute atomic E-state index is 11.8. The lowest BCUT2D eigenvalue weighted by Crippen LogP contribution is -2.44. The van der Waals surface area contributed by atoms with Crippen molar-refractivity contribution >= 4 is 11.9 Å². The topological polar surface area (TPSA) is 58.6 Å². The number of nitrogens with zero attached hydrogens (tertiary/aromatic N) is 1. The Morgan fingerprint density at radius 2 is 2.12 bits per heavy atom. The summed E-state index contributed by atoms with van der Waals surface area (Å²) in [4.78, 5) is 24.8. The number of cyclic esters (lactones) is 1. The van der Waals surface area contributed by atoms with Gasteiger partial charge in [-0.2, -0.15) is 0 Å². The molecule has 16 heavy (non-hydrogen) atoms. The number of rotatable bonds is 3. The minimum atomic E-state index is -0.284. The highest BCUT2D eigenvalue weighted by Gasteiger charge is 2.27. The van der Waals surface area contributed by atoms with E-state index >= 15 is 0 Å². The fraction of sp³-hybridized carbons (Fsp3) is 0.818. The molecule has 0 radical (unpaired) electrons. The van der Waals surface area contributed by atoms with Crippen LogP contribution in [0.4, 0.5) is 0 Å². The molecule has 0 aromatic heterocycles. The van der Waals surface area contributed by atoms with Gasteiger partial charge in [0.1, 0.15) is 6.04 Å². The molecule has 5 heteroatoms. The molecule has 0 aliphatic carbocycles. The number of nitrogens with one attached hydrogen (secondary N) is 1. The zero-order valence-corrected chi connectivity index (χ0v) is 9.41. The van der Waals surface area contributed by atoms with Gasteiger partial charge in [-0.05, 0) is 19.3 Å². The van der Waals surface area contributed by atoms with Gasteiger partial charge in [0.05, 0.1) is 13.2 Å². The first-order chi connectivity index (χ1) is 7.77. The van der Waals surface area contributed by atoms with Crippen molar-refractivity contribution in [3.05, 3.63) is 0 Å². The minimum absolute atomic E-state index is 0.0967. The molecule has 5 nitrogen and oxygen atoms in total. The fourth-order valence-electron chi connectivity index (χ4n) is 2.15. The zero-order chi connectivity index (χ0) is 11.4. The summed E-state index contributed by atoms with van der Waals surface area (Å²) in [6.45, 7) is 2.43. The third-order valence-corrected chi connectivity index (χ3v) is 3.14. The molecule has 2 saturated heterocycles. The molecule has 1 amide bonds. The van der Waals surface area contributed by atoms with E-state index in [-0.39, 0.29) is 24.5 Å². The summed E-state index contributed by atoms with van der Waals surface area (Å²) < 4.78 is 4.82. The second kappa shape index (κ2) is 5.30. The van der Waals surface area contributed by atoms with Gasteiger partial charge < -0.3 is 9.64 Å². The molecule has 0 aromatic carbocycles. The van der Waals surface area contributed by atoms with Crippen LogP contribution in [0, 0.1) is 0 Å². The molecule has 0 saturated carbocycles. The van der Waals surface area contributed by atoms with Crippen molar-refractivity contribution in [1.29, 1.82) is 0 Å². The van der Waals surface area contributed by atoms with Crippen LogP contribution in [0.3, 0.4) is 0 Å². The molecular formula is C11H18N2O3. The summed E-state index contributed by atoms with van der Waals surface area (Å²) >= 11 is 0. The molecule has 1 unspecified atom stereocenters. The van der Waals surface area contributed by atoms with Gasteiger partial charge in [0, 0.05) is 19.5 Å². The SMILES string of the molecule is O=C1OCCC1NCC(=O)N1CCCCC1. The van der Waals surface area contributed by atoms with Crippen molar-refractivity contribution < 1.29 is 14.3 Å². The van der Waals surface area contributed by atoms with E-state index in [1.54, 1.807) is 0 Å². The number of hydrogen-bond donors (Lipinski definition) is 1. The summed E-state index contributed by atoms with van der Waals surface area (Å²) in [5.41, 5.74) is 0. The van der Waals surface area contributed by atoms with Crippen LogP contribution in [0.1, 0.15) is 25.7 Å². The maximum atomic E-state index is 11.8. The highest BCUT2D eigenvalue weighted by atomic mass is 16.5. The largest absolute Gasteiger partial charge is 0.464 e. The van der Waals surface area contributed by atoms with Gasteiger partial charge in [0.2, 0.25) is 5.91 Å². The first-order valence-electron chi connectivity index (χ1n) is 5.95. The van der Waals surface area contributed by atoms with E-state index in [0.717, 1.165) is 25.9 Å². The average Bonchev–Trinajstić information content (AvgIpc) is 2.73. The Morgan fingerprint density at radius 3 is 2.75 bits per heavy atom. The summed E-state index contributed by atoms with van der Waals surface area (Å²) in [6.07, 6.45) is 4.08. The molecule has 1 N–H and O–H groups in total. The minimum Gasteiger partial charge on any atom is -0.464 e. The first-order valence-corrected chi connectivity index (χ1v) is 5.95. The van der Waals surface area contributed by atoms with Crippen molar-refractivity contribution in [2.45, 2.75) is 31.7 Å². The Bertz CT molecular complexity index is 274. The molecule has 90 valence electrons. The molecule has 1 atom stereocenters. The van der Waals surface area contributed by atoms with Crippen molar-refractivity contribution in [3.8, 4) is 0 Å². The fourth-order valence-corrected chi connectivity index (χ4v) is 2.15. The first kappa shape index (κ1) is 11.4. The molecule has 2 aliphatic rings. The van der Waals surface area contributed by atoms with Crippen LogP contribution in [0.2, 0.25) is 0 Å². The normalized spacial score (nSPS) is 25.6. The van der Waals surface area contributed by atoms with Gasteiger partial charge in [0.25, 0.3) is 0 Å². The van der Waals surface area contributed by atoms with Gasteiger partial charge in [-0.3, -0.25) is 14.9 Å². The van der Waals surface area contributed by atoms with Crippen molar-refractivity contribution in [3.63, 3.8) is 0 Å². The van der Waals surface area contributed by atoms with Gasteiger partial charge in [-0.1, -0.05) is 0 Å². The number of likely N-dealkylation sites (tertiary alicyclic amines) is 1.